The number of aryl methyl sites for hydroxylation is 2. The van der Waals surface area contributed by atoms with E-state index in [-0.39, 0.29) is 0 Å². The van der Waals surface area contributed by atoms with Gasteiger partial charge in [0.25, 0.3) is 0 Å². The van der Waals surface area contributed by atoms with E-state index in [0.29, 0.717) is 0 Å². The summed E-state index contributed by atoms with van der Waals surface area (Å²) in [6.45, 7) is 2.41. The van der Waals surface area contributed by atoms with Gasteiger partial charge in [-0.25, -0.2) is 0 Å². The molecule has 2 aliphatic heterocycles. The summed E-state index contributed by atoms with van der Waals surface area (Å²) in [6, 6.07) is 8.16. The van der Waals surface area contributed by atoms with Crippen molar-refractivity contribution in [1.82, 2.24) is 4.98 Å². The molecule has 21 heavy (non-hydrogen) atoms. The van der Waals surface area contributed by atoms with Crippen LogP contribution < -0.4 is 4.90 Å². The van der Waals surface area contributed by atoms with E-state index in [1.807, 2.05) is 12.1 Å². The third-order valence-electron chi connectivity index (χ3n) is 4.26. The Morgan fingerprint density at radius 1 is 0.857 bits per heavy atom. The fourth-order valence-electron chi connectivity index (χ4n) is 3.37. The number of azo groups is 1. The van der Waals surface area contributed by atoms with E-state index in [1.165, 1.54) is 42.7 Å². The van der Waals surface area contributed by atoms with Gasteiger partial charge in [-0.2, -0.15) is 10.2 Å². The zero-order valence-corrected chi connectivity index (χ0v) is 12.0. The molecule has 1 aromatic heterocycles. The molecule has 0 atom stereocenters. The first-order valence-electron chi connectivity index (χ1n) is 7.63. The predicted octanol–water partition coefficient (Wildman–Crippen LogP) is 4.20. The normalized spacial score (nSPS) is 17.0. The summed E-state index contributed by atoms with van der Waals surface area (Å²) in [6.07, 6.45) is 8.30. The van der Waals surface area contributed by atoms with E-state index < -0.39 is 0 Å². The molecule has 106 valence electrons. The highest BCUT2D eigenvalue weighted by Crippen LogP contribution is 2.38. The van der Waals surface area contributed by atoms with Gasteiger partial charge in [0, 0.05) is 31.2 Å². The first-order chi connectivity index (χ1) is 10.4. The van der Waals surface area contributed by atoms with Crippen LogP contribution in [0.15, 0.2) is 46.9 Å². The number of nitrogens with zero attached hydrogens (tertiary/aromatic N) is 4. The number of hydrogen-bond donors (Lipinski definition) is 0. The minimum Gasteiger partial charge on any atom is -0.371 e. The Kier molecular flexibility index (Phi) is 3.14. The standard InChI is InChI=1S/C17H18N4/c1-3-13-11-16(20-19-15-5-7-18-8-6-15)12-14-4-2-10-21(9-1)17(13)14/h5-8,11-12H,1-4,9-10H2/b20-19+. The molecular weight excluding hydrogens is 260 g/mol. The van der Waals surface area contributed by atoms with Crippen LogP contribution in [0.1, 0.15) is 24.0 Å². The van der Waals surface area contributed by atoms with Crippen LogP contribution in [0, 0.1) is 0 Å². The quantitative estimate of drug-likeness (QED) is 0.773. The van der Waals surface area contributed by atoms with Crippen molar-refractivity contribution in [3.63, 3.8) is 0 Å². The molecule has 0 spiro atoms. The average molecular weight is 278 g/mol. The fourth-order valence-corrected chi connectivity index (χ4v) is 3.37. The smallest absolute Gasteiger partial charge is 0.0887 e. The highest BCUT2D eigenvalue weighted by atomic mass is 15.1. The molecule has 0 aliphatic carbocycles. The topological polar surface area (TPSA) is 40.9 Å². The van der Waals surface area contributed by atoms with Crippen molar-refractivity contribution in [3.8, 4) is 0 Å². The Bertz CT molecular complexity index is 647. The number of pyridine rings is 1. The van der Waals surface area contributed by atoms with Crippen molar-refractivity contribution in [2.75, 3.05) is 18.0 Å². The first kappa shape index (κ1) is 12.5. The minimum absolute atomic E-state index is 0.845. The van der Waals surface area contributed by atoms with Gasteiger partial charge in [-0.15, -0.1) is 0 Å². The molecular formula is C17H18N4. The molecule has 0 amide bonds. The summed E-state index contributed by atoms with van der Waals surface area (Å²) in [5.74, 6) is 0. The Morgan fingerprint density at radius 3 is 2.14 bits per heavy atom. The number of hydrogen-bond acceptors (Lipinski definition) is 4. The zero-order valence-electron chi connectivity index (χ0n) is 12.0. The van der Waals surface area contributed by atoms with Crippen LogP contribution >= 0.6 is 0 Å². The molecule has 0 radical (unpaired) electrons. The SMILES string of the molecule is c1cc(/N=N/c2cc3c4c(c2)CCCN4CCC3)ccn1. The van der Waals surface area contributed by atoms with Crippen LogP contribution in [0.25, 0.3) is 0 Å². The van der Waals surface area contributed by atoms with E-state index in [2.05, 4.69) is 32.2 Å². The van der Waals surface area contributed by atoms with Gasteiger partial charge in [0.15, 0.2) is 0 Å². The molecule has 2 aromatic rings. The fraction of sp³-hybridized carbons (Fsp3) is 0.353. The van der Waals surface area contributed by atoms with Crippen LogP contribution in [0.5, 0.6) is 0 Å². The van der Waals surface area contributed by atoms with Gasteiger partial charge >= 0.3 is 0 Å². The molecule has 0 N–H and O–H groups in total. The maximum absolute atomic E-state index is 4.42. The second-order valence-electron chi connectivity index (χ2n) is 5.71. The van der Waals surface area contributed by atoms with Gasteiger partial charge in [-0.05, 0) is 61.1 Å². The number of benzene rings is 1. The van der Waals surface area contributed by atoms with Crippen molar-refractivity contribution in [2.45, 2.75) is 25.7 Å². The van der Waals surface area contributed by atoms with Crippen LogP contribution in [0.2, 0.25) is 0 Å². The van der Waals surface area contributed by atoms with Crippen molar-refractivity contribution in [3.05, 3.63) is 47.8 Å². The number of anilines is 1. The highest BCUT2D eigenvalue weighted by Gasteiger charge is 2.24. The van der Waals surface area contributed by atoms with Crippen LogP contribution in [-0.4, -0.2) is 18.1 Å². The third kappa shape index (κ3) is 2.42. The Hall–Kier alpha value is -2.23. The van der Waals surface area contributed by atoms with E-state index >= 15 is 0 Å². The van der Waals surface area contributed by atoms with E-state index in [0.717, 1.165) is 24.2 Å². The van der Waals surface area contributed by atoms with E-state index in [1.54, 1.807) is 12.4 Å². The lowest BCUT2D eigenvalue weighted by molar-refractivity contribution is 0.634. The molecule has 0 saturated heterocycles. The molecule has 0 bridgehead atoms. The molecule has 2 aliphatic rings. The highest BCUT2D eigenvalue weighted by molar-refractivity contribution is 5.67. The molecule has 0 fully saturated rings. The minimum atomic E-state index is 0.845. The Morgan fingerprint density at radius 2 is 1.48 bits per heavy atom. The van der Waals surface area contributed by atoms with Crippen LogP contribution in [0.4, 0.5) is 17.1 Å². The monoisotopic (exact) mass is 278 g/mol. The van der Waals surface area contributed by atoms with Crippen molar-refractivity contribution >= 4 is 17.1 Å². The maximum atomic E-state index is 4.42. The summed E-state index contributed by atoms with van der Waals surface area (Å²) in [5, 5.41) is 8.73. The van der Waals surface area contributed by atoms with Gasteiger partial charge < -0.3 is 4.90 Å². The van der Waals surface area contributed by atoms with Crippen molar-refractivity contribution < 1.29 is 0 Å². The van der Waals surface area contributed by atoms with Gasteiger partial charge in [-0.1, -0.05) is 0 Å². The van der Waals surface area contributed by atoms with Gasteiger partial charge in [0.2, 0.25) is 0 Å². The predicted molar refractivity (Wildman–Crippen MR) is 83.7 cm³/mol. The summed E-state index contributed by atoms with van der Waals surface area (Å²) in [5.41, 5.74) is 6.20. The Balaban J connectivity index is 1.70. The lowest BCUT2D eigenvalue weighted by Crippen LogP contribution is -2.34. The lowest BCUT2D eigenvalue weighted by atomic mass is 9.91. The van der Waals surface area contributed by atoms with Crippen molar-refractivity contribution in [2.24, 2.45) is 10.2 Å². The molecule has 1 aromatic carbocycles. The third-order valence-corrected chi connectivity index (χ3v) is 4.26. The summed E-state index contributed by atoms with van der Waals surface area (Å²) < 4.78 is 0. The molecule has 3 heterocycles. The van der Waals surface area contributed by atoms with E-state index in [4.69, 9.17) is 0 Å². The summed E-state index contributed by atoms with van der Waals surface area (Å²) >= 11 is 0. The molecule has 0 saturated carbocycles. The maximum Gasteiger partial charge on any atom is 0.0887 e. The first-order valence-corrected chi connectivity index (χ1v) is 7.63. The molecule has 0 unspecified atom stereocenters. The van der Waals surface area contributed by atoms with Crippen molar-refractivity contribution in [1.29, 1.82) is 0 Å². The molecule has 4 heteroatoms. The number of rotatable bonds is 2. The van der Waals surface area contributed by atoms with Gasteiger partial charge in [-0.3, -0.25) is 4.98 Å². The van der Waals surface area contributed by atoms with Gasteiger partial charge in [0.05, 0.1) is 11.4 Å². The average Bonchev–Trinajstić information content (AvgIpc) is 2.54. The second kappa shape index (κ2) is 5.28. The summed E-state index contributed by atoms with van der Waals surface area (Å²) in [4.78, 5) is 6.54. The zero-order chi connectivity index (χ0) is 14.1. The largest absolute Gasteiger partial charge is 0.371 e. The van der Waals surface area contributed by atoms with Gasteiger partial charge in [0.1, 0.15) is 0 Å². The van der Waals surface area contributed by atoms with Crippen LogP contribution in [-0.2, 0) is 12.8 Å². The lowest BCUT2D eigenvalue weighted by Gasteiger charge is -2.36. The molecule has 4 rings (SSSR count). The molecule has 4 nitrogen and oxygen atoms in total. The summed E-state index contributed by atoms with van der Waals surface area (Å²) in [7, 11) is 0. The van der Waals surface area contributed by atoms with E-state index in [9.17, 15) is 0 Å². The second-order valence-corrected chi connectivity index (χ2v) is 5.71. The number of aromatic nitrogens is 1. The Labute approximate surface area is 124 Å². The van der Waals surface area contributed by atoms with Crippen LogP contribution in [0.3, 0.4) is 0 Å².